The van der Waals surface area contributed by atoms with Crippen LogP contribution >= 0.6 is 6.49 Å². The SMILES string of the molecule is CCCCCO[P@@](C)(=S)O[C@H](C)CN1CCCCC1. The number of rotatable bonds is 9. The number of hydrogen-bond acceptors (Lipinski definition) is 4. The van der Waals surface area contributed by atoms with Gasteiger partial charge in [-0.05, 0) is 51.1 Å². The minimum atomic E-state index is -2.05. The van der Waals surface area contributed by atoms with E-state index >= 15 is 0 Å². The standard InChI is InChI=1S/C14H30NO2PS/c1-4-5-9-12-16-18(3,19)17-14(2)13-15-10-7-6-8-11-15/h14H,4-13H2,1-3H3/t14-,18-/m1/s1. The molecule has 2 atom stereocenters. The van der Waals surface area contributed by atoms with Crippen LogP contribution in [-0.2, 0) is 20.9 Å². The van der Waals surface area contributed by atoms with E-state index in [1.165, 1.54) is 45.2 Å². The first-order valence-electron chi connectivity index (χ1n) is 7.66. The molecular weight excluding hydrogens is 277 g/mol. The average molecular weight is 307 g/mol. The molecule has 0 aromatic heterocycles. The highest BCUT2D eigenvalue weighted by molar-refractivity contribution is 8.09. The number of likely N-dealkylation sites (tertiary alicyclic amines) is 1. The fourth-order valence-electron chi connectivity index (χ4n) is 2.48. The highest BCUT2D eigenvalue weighted by atomic mass is 32.5. The predicted octanol–water partition coefficient (Wildman–Crippen LogP) is 4.02. The fourth-order valence-corrected chi connectivity index (χ4v) is 4.39. The molecule has 0 radical (unpaired) electrons. The van der Waals surface area contributed by atoms with Crippen molar-refractivity contribution in [2.45, 2.75) is 58.5 Å². The van der Waals surface area contributed by atoms with Crippen LogP contribution < -0.4 is 0 Å². The third kappa shape index (κ3) is 8.41. The molecule has 0 aliphatic carbocycles. The maximum absolute atomic E-state index is 5.98. The van der Waals surface area contributed by atoms with Crippen molar-refractivity contribution in [2.24, 2.45) is 0 Å². The normalized spacial score (nSPS) is 22.1. The lowest BCUT2D eigenvalue weighted by Crippen LogP contribution is -2.36. The van der Waals surface area contributed by atoms with Crippen LogP contribution in [0.25, 0.3) is 0 Å². The first-order valence-corrected chi connectivity index (χ1v) is 10.7. The van der Waals surface area contributed by atoms with E-state index in [2.05, 4.69) is 18.7 Å². The number of nitrogens with zero attached hydrogens (tertiary/aromatic N) is 1. The molecule has 1 fully saturated rings. The third-order valence-corrected chi connectivity index (χ3v) is 5.38. The second-order valence-corrected chi connectivity index (χ2v) is 9.59. The Kier molecular flexibility index (Phi) is 8.76. The van der Waals surface area contributed by atoms with Gasteiger partial charge in [-0.15, -0.1) is 0 Å². The maximum atomic E-state index is 5.98. The van der Waals surface area contributed by atoms with Crippen LogP contribution in [0, 0.1) is 0 Å². The number of piperidine rings is 1. The highest BCUT2D eigenvalue weighted by Gasteiger charge is 2.19. The summed E-state index contributed by atoms with van der Waals surface area (Å²) in [6.07, 6.45) is 7.70. The van der Waals surface area contributed by atoms with Crippen molar-refractivity contribution in [2.75, 3.05) is 32.9 Å². The van der Waals surface area contributed by atoms with E-state index < -0.39 is 6.49 Å². The molecule has 0 unspecified atom stereocenters. The topological polar surface area (TPSA) is 21.7 Å². The van der Waals surface area contributed by atoms with Gasteiger partial charge in [0, 0.05) is 13.2 Å². The minimum Gasteiger partial charge on any atom is -0.329 e. The molecule has 1 saturated heterocycles. The smallest absolute Gasteiger partial charge is 0.185 e. The quantitative estimate of drug-likeness (QED) is 0.474. The van der Waals surface area contributed by atoms with Gasteiger partial charge < -0.3 is 13.9 Å². The molecule has 19 heavy (non-hydrogen) atoms. The Balaban J connectivity index is 2.20. The maximum Gasteiger partial charge on any atom is 0.185 e. The van der Waals surface area contributed by atoms with Gasteiger partial charge in [0.05, 0.1) is 12.7 Å². The van der Waals surface area contributed by atoms with Gasteiger partial charge in [-0.3, -0.25) is 0 Å². The summed E-state index contributed by atoms with van der Waals surface area (Å²) in [5, 5.41) is 0. The van der Waals surface area contributed by atoms with E-state index in [1.807, 2.05) is 6.66 Å². The lowest BCUT2D eigenvalue weighted by atomic mass is 10.1. The molecule has 114 valence electrons. The summed E-state index contributed by atoms with van der Waals surface area (Å²) < 4.78 is 11.8. The van der Waals surface area contributed by atoms with Crippen LogP contribution in [0.3, 0.4) is 0 Å². The second kappa shape index (κ2) is 9.46. The van der Waals surface area contributed by atoms with Gasteiger partial charge in [0.25, 0.3) is 0 Å². The minimum absolute atomic E-state index is 0.181. The number of hydrogen-bond donors (Lipinski definition) is 0. The van der Waals surface area contributed by atoms with Crippen molar-refractivity contribution >= 4 is 18.3 Å². The van der Waals surface area contributed by atoms with Crippen molar-refractivity contribution < 1.29 is 9.05 Å². The van der Waals surface area contributed by atoms with Gasteiger partial charge in [0.1, 0.15) is 0 Å². The Bertz CT molecular complexity index is 283. The lowest BCUT2D eigenvalue weighted by Gasteiger charge is -2.30. The zero-order valence-electron chi connectivity index (χ0n) is 12.8. The predicted molar refractivity (Wildman–Crippen MR) is 86.5 cm³/mol. The molecule has 1 aliphatic rings. The average Bonchev–Trinajstić information content (AvgIpc) is 2.35. The molecule has 1 heterocycles. The molecule has 0 N–H and O–H groups in total. The zero-order valence-corrected chi connectivity index (χ0v) is 14.5. The van der Waals surface area contributed by atoms with Crippen LogP contribution in [0.1, 0.15) is 52.4 Å². The van der Waals surface area contributed by atoms with E-state index in [0.717, 1.165) is 19.6 Å². The Morgan fingerprint density at radius 1 is 1.21 bits per heavy atom. The van der Waals surface area contributed by atoms with Gasteiger partial charge >= 0.3 is 0 Å². The van der Waals surface area contributed by atoms with Crippen molar-refractivity contribution in [1.29, 1.82) is 0 Å². The van der Waals surface area contributed by atoms with Crippen molar-refractivity contribution in [3.63, 3.8) is 0 Å². The Morgan fingerprint density at radius 3 is 2.53 bits per heavy atom. The molecule has 1 aliphatic heterocycles. The molecule has 0 amide bonds. The highest BCUT2D eigenvalue weighted by Crippen LogP contribution is 2.45. The van der Waals surface area contributed by atoms with Crippen molar-refractivity contribution in [3.8, 4) is 0 Å². The summed E-state index contributed by atoms with van der Waals surface area (Å²) >= 11 is 5.49. The molecule has 0 aromatic rings. The van der Waals surface area contributed by atoms with E-state index in [-0.39, 0.29) is 6.10 Å². The van der Waals surface area contributed by atoms with E-state index in [0.29, 0.717) is 0 Å². The van der Waals surface area contributed by atoms with Crippen molar-refractivity contribution in [1.82, 2.24) is 4.90 Å². The van der Waals surface area contributed by atoms with E-state index in [9.17, 15) is 0 Å². The van der Waals surface area contributed by atoms with Crippen LogP contribution in [0.15, 0.2) is 0 Å². The monoisotopic (exact) mass is 307 g/mol. The summed E-state index contributed by atoms with van der Waals surface area (Å²) in [6, 6.07) is 0. The first-order chi connectivity index (χ1) is 9.03. The Morgan fingerprint density at radius 2 is 1.89 bits per heavy atom. The van der Waals surface area contributed by atoms with Gasteiger partial charge in [-0.25, -0.2) is 0 Å². The fraction of sp³-hybridized carbons (Fsp3) is 1.00. The second-order valence-electron chi connectivity index (χ2n) is 5.59. The summed E-state index contributed by atoms with van der Waals surface area (Å²) in [4.78, 5) is 2.49. The Hall–Kier alpha value is 0.530. The molecule has 0 spiro atoms. The van der Waals surface area contributed by atoms with Crippen LogP contribution in [0.5, 0.6) is 0 Å². The third-order valence-electron chi connectivity index (χ3n) is 3.41. The van der Waals surface area contributed by atoms with Crippen LogP contribution in [-0.4, -0.2) is 43.9 Å². The summed E-state index contributed by atoms with van der Waals surface area (Å²) in [7, 11) is 0. The van der Waals surface area contributed by atoms with E-state index in [4.69, 9.17) is 20.9 Å². The van der Waals surface area contributed by atoms with Gasteiger partial charge in [-0.2, -0.15) is 0 Å². The largest absolute Gasteiger partial charge is 0.329 e. The van der Waals surface area contributed by atoms with Crippen LogP contribution in [0.2, 0.25) is 0 Å². The molecule has 0 saturated carbocycles. The molecule has 0 bridgehead atoms. The summed E-state index contributed by atoms with van der Waals surface area (Å²) in [5.41, 5.74) is 0. The lowest BCUT2D eigenvalue weighted by molar-refractivity contribution is 0.123. The molecule has 3 nitrogen and oxygen atoms in total. The molecule has 1 rings (SSSR count). The first kappa shape index (κ1) is 17.6. The molecule has 0 aromatic carbocycles. The van der Waals surface area contributed by atoms with Crippen molar-refractivity contribution in [3.05, 3.63) is 0 Å². The van der Waals surface area contributed by atoms with Gasteiger partial charge in [0.2, 0.25) is 0 Å². The molecule has 5 heteroatoms. The van der Waals surface area contributed by atoms with Gasteiger partial charge in [0.15, 0.2) is 6.49 Å². The molecular formula is C14H30NO2PS. The zero-order chi connectivity index (χ0) is 14.1. The van der Waals surface area contributed by atoms with Crippen LogP contribution in [0.4, 0.5) is 0 Å². The van der Waals surface area contributed by atoms with Gasteiger partial charge in [-0.1, -0.05) is 26.2 Å². The van der Waals surface area contributed by atoms with E-state index in [1.54, 1.807) is 0 Å². The number of unbranched alkanes of at least 4 members (excludes halogenated alkanes) is 2. The summed E-state index contributed by atoms with van der Waals surface area (Å²) in [5.74, 6) is 0. The Labute approximate surface area is 124 Å². The summed E-state index contributed by atoms with van der Waals surface area (Å²) in [6.45, 7) is 8.37.